The van der Waals surface area contributed by atoms with Gasteiger partial charge in [-0.3, -0.25) is 0 Å². The SMILES string of the molecule is CNC(Cc1ccc(OC)c(F)c1)c1ccc(C)c(F)c1. The summed E-state index contributed by atoms with van der Waals surface area (Å²) in [4.78, 5) is 0. The van der Waals surface area contributed by atoms with Crippen LogP contribution in [0.15, 0.2) is 36.4 Å². The highest BCUT2D eigenvalue weighted by molar-refractivity contribution is 5.32. The minimum atomic E-state index is -0.389. The van der Waals surface area contributed by atoms with Crippen LogP contribution in [0, 0.1) is 18.6 Å². The third kappa shape index (κ3) is 3.58. The van der Waals surface area contributed by atoms with E-state index in [4.69, 9.17) is 4.74 Å². The number of nitrogens with one attached hydrogen (secondary N) is 1. The number of methoxy groups -OCH3 is 1. The van der Waals surface area contributed by atoms with Crippen molar-refractivity contribution in [2.75, 3.05) is 14.2 Å². The Bertz CT molecular complexity index is 628. The highest BCUT2D eigenvalue weighted by Gasteiger charge is 2.13. The molecule has 1 unspecified atom stereocenters. The zero-order chi connectivity index (χ0) is 15.4. The molecule has 2 rings (SSSR count). The van der Waals surface area contributed by atoms with E-state index in [2.05, 4.69) is 5.32 Å². The molecule has 0 spiro atoms. The van der Waals surface area contributed by atoms with Crippen LogP contribution >= 0.6 is 0 Å². The molecule has 0 amide bonds. The van der Waals surface area contributed by atoms with E-state index in [0.29, 0.717) is 12.0 Å². The molecule has 1 atom stereocenters. The van der Waals surface area contributed by atoms with Crippen molar-refractivity contribution in [1.82, 2.24) is 5.32 Å². The van der Waals surface area contributed by atoms with Crippen LogP contribution in [0.5, 0.6) is 5.75 Å². The predicted octanol–water partition coefficient (Wildman–Crippen LogP) is 3.79. The lowest BCUT2D eigenvalue weighted by Gasteiger charge is -2.18. The van der Waals surface area contributed by atoms with E-state index in [0.717, 1.165) is 11.1 Å². The molecule has 0 saturated heterocycles. The number of aryl methyl sites for hydroxylation is 1. The second-order valence-corrected chi connectivity index (χ2v) is 5.02. The molecule has 0 aliphatic rings. The highest BCUT2D eigenvalue weighted by Crippen LogP contribution is 2.23. The Balaban J connectivity index is 2.22. The molecule has 0 bridgehead atoms. The minimum Gasteiger partial charge on any atom is -0.494 e. The third-order valence-corrected chi connectivity index (χ3v) is 3.60. The van der Waals surface area contributed by atoms with E-state index < -0.39 is 0 Å². The van der Waals surface area contributed by atoms with Crippen LogP contribution in [-0.2, 0) is 6.42 Å². The van der Waals surface area contributed by atoms with Gasteiger partial charge in [-0.25, -0.2) is 8.78 Å². The van der Waals surface area contributed by atoms with Crippen molar-refractivity contribution in [1.29, 1.82) is 0 Å². The van der Waals surface area contributed by atoms with Crippen LogP contribution in [0.4, 0.5) is 8.78 Å². The van der Waals surface area contributed by atoms with Gasteiger partial charge in [0.15, 0.2) is 11.6 Å². The number of hydrogen-bond acceptors (Lipinski definition) is 2. The molecule has 0 aliphatic carbocycles. The van der Waals surface area contributed by atoms with Crippen LogP contribution in [0.1, 0.15) is 22.7 Å². The fourth-order valence-electron chi connectivity index (χ4n) is 2.28. The summed E-state index contributed by atoms with van der Waals surface area (Å²) < 4.78 is 32.3. The first-order valence-corrected chi connectivity index (χ1v) is 6.81. The van der Waals surface area contributed by atoms with Gasteiger partial charge in [0.1, 0.15) is 5.82 Å². The second kappa shape index (κ2) is 6.68. The Hall–Kier alpha value is -1.94. The first-order chi connectivity index (χ1) is 10.0. The topological polar surface area (TPSA) is 21.3 Å². The molecule has 1 N–H and O–H groups in total. The van der Waals surface area contributed by atoms with Crippen molar-refractivity contribution in [3.05, 3.63) is 64.7 Å². The number of halogens is 2. The van der Waals surface area contributed by atoms with Crippen LogP contribution in [0.25, 0.3) is 0 Å². The maximum Gasteiger partial charge on any atom is 0.165 e. The summed E-state index contributed by atoms with van der Waals surface area (Å²) in [5.74, 6) is -0.394. The lowest BCUT2D eigenvalue weighted by atomic mass is 9.98. The molecule has 21 heavy (non-hydrogen) atoms. The molecule has 4 heteroatoms. The van der Waals surface area contributed by atoms with Crippen LogP contribution in [-0.4, -0.2) is 14.2 Å². The van der Waals surface area contributed by atoms with Gasteiger partial charge in [0.25, 0.3) is 0 Å². The summed E-state index contributed by atoms with van der Waals surface area (Å²) >= 11 is 0. The summed E-state index contributed by atoms with van der Waals surface area (Å²) in [5.41, 5.74) is 2.29. The number of rotatable bonds is 5. The molecule has 0 radical (unpaired) electrons. The zero-order valence-electron chi connectivity index (χ0n) is 12.4. The number of likely N-dealkylation sites (N-methyl/N-ethyl adjacent to an activating group) is 1. The van der Waals surface area contributed by atoms with E-state index in [1.165, 1.54) is 19.2 Å². The van der Waals surface area contributed by atoms with Gasteiger partial charge in [0, 0.05) is 6.04 Å². The summed E-state index contributed by atoms with van der Waals surface area (Å²) in [7, 11) is 3.24. The van der Waals surface area contributed by atoms with Gasteiger partial charge >= 0.3 is 0 Å². The highest BCUT2D eigenvalue weighted by atomic mass is 19.1. The van der Waals surface area contributed by atoms with Gasteiger partial charge in [-0.1, -0.05) is 18.2 Å². The predicted molar refractivity (Wildman–Crippen MR) is 79.6 cm³/mol. The van der Waals surface area contributed by atoms with E-state index >= 15 is 0 Å². The molecule has 2 nitrogen and oxygen atoms in total. The molecule has 0 fully saturated rings. The van der Waals surface area contributed by atoms with E-state index in [1.807, 2.05) is 19.2 Å². The van der Waals surface area contributed by atoms with Gasteiger partial charge in [-0.05, 0) is 55.3 Å². The average Bonchev–Trinajstić information content (AvgIpc) is 2.48. The molecule has 0 heterocycles. The van der Waals surface area contributed by atoms with Crippen molar-refractivity contribution < 1.29 is 13.5 Å². The first-order valence-electron chi connectivity index (χ1n) is 6.81. The molecule has 2 aromatic rings. The Kier molecular flexibility index (Phi) is 4.91. The van der Waals surface area contributed by atoms with Gasteiger partial charge < -0.3 is 10.1 Å². The monoisotopic (exact) mass is 291 g/mol. The van der Waals surface area contributed by atoms with E-state index in [9.17, 15) is 8.78 Å². The zero-order valence-corrected chi connectivity index (χ0v) is 12.4. The fraction of sp³-hybridized carbons (Fsp3) is 0.294. The Morgan fingerprint density at radius 1 is 1.10 bits per heavy atom. The average molecular weight is 291 g/mol. The van der Waals surface area contributed by atoms with Crippen LogP contribution in [0.3, 0.4) is 0 Å². The van der Waals surface area contributed by atoms with Crippen molar-refractivity contribution >= 4 is 0 Å². The summed E-state index contributed by atoms with van der Waals surface area (Å²) in [6, 6.07) is 9.96. The summed E-state index contributed by atoms with van der Waals surface area (Å²) in [6.07, 6.45) is 0.569. The Morgan fingerprint density at radius 2 is 1.86 bits per heavy atom. The van der Waals surface area contributed by atoms with Crippen molar-refractivity contribution in [3.63, 3.8) is 0 Å². The summed E-state index contributed by atoms with van der Waals surface area (Å²) in [6.45, 7) is 1.73. The number of ether oxygens (including phenoxy) is 1. The van der Waals surface area contributed by atoms with Gasteiger partial charge in [-0.2, -0.15) is 0 Å². The van der Waals surface area contributed by atoms with Crippen molar-refractivity contribution in [3.8, 4) is 5.75 Å². The smallest absolute Gasteiger partial charge is 0.165 e. The van der Waals surface area contributed by atoms with E-state index in [1.54, 1.807) is 19.1 Å². The molecular weight excluding hydrogens is 272 g/mol. The largest absolute Gasteiger partial charge is 0.494 e. The standard InChI is InChI=1S/C17H19F2NO/c1-11-4-6-13(10-14(11)18)16(20-2)9-12-5-7-17(21-3)15(19)8-12/h4-8,10,16,20H,9H2,1-3H3. The fourth-order valence-corrected chi connectivity index (χ4v) is 2.28. The van der Waals surface area contributed by atoms with Gasteiger partial charge in [0.2, 0.25) is 0 Å². The molecule has 0 aliphatic heterocycles. The lowest BCUT2D eigenvalue weighted by Crippen LogP contribution is -2.19. The maximum absolute atomic E-state index is 13.7. The number of benzene rings is 2. The maximum atomic E-state index is 13.7. The molecular formula is C17H19F2NO. The first kappa shape index (κ1) is 15.4. The molecule has 112 valence electrons. The van der Waals surface area contributed by atoms with Crippen molar-refractivity contribution in [2.24, 2.45) is 0 Å². The third-order valence-electron chi connectivity index (χ3n) is 3.60. The molecule has 0 saturated carbocycles. The minimum absolute atomic E-state index is 0.0760. The normalized spacial score (nSPS) is 12.2. The number of hydrogen-bond donors (Lipinski definition) is 1. The van der Waals surface area contributed by atoms with E-state index in [-0.39, 0.29) is 23.4 Å². The second-order valence-electron chi connectivity index (χ2n) is 5.02. The molecule has 0 aromatic heterocycles. The van der Waals surface area contributed by atoms with Crippen LogP contribution in [0.2, 0.25) is 0 Å². The summed E-state index contributed by atoms with van der Waals surface area (Å²) in [5, 5.41) is 3.14. The van der Waals surface area contributed by atoms with Gasteiger partial charge in [0.05, 0.1) is 7.11 Å². The Labute approximate surface area is 123 Å². The Morgan fingerprint density at radius 3 is 2.43 bits per heavy atom. The van der Waals surface area contributed by atoms with Crippen molar-refractivity contribution in [2.45, 2.75) is 19.4 Å². The van der Waals surface area contributed by atoms with Crippen LogP contribution < -0.4 is 10.1 Å². The van der Waals surface area contributed by atoms with Gasteiger partial charge in [-0.15, -0.1) is 0 Å². The lowest BCUT2D eigenvalue weighted by molar-refractivity contribution is 0.386. The molecule has 2 aromatic carbocycles. The quantitative estimate of drug-likeness (QED) is 0.905.